The second-order valence-corrected chi connectivity index (χ2v) is 12.9. The molecule has 2 atom stereocenters. The van der Waals surface area contributed by atoms with Gasteiger partial charge < -0.3 is 10.2 Å². The van der Waals surface area contributed by atoms with Crippen LogP contribution in [0.15, 0.2) is 71.6 Å². The Morgan fingerprint density at radius 2 is 1.56 bits per heavy atom. The van der Waals surface area contributed by atoms with Crippen LogP contribution in [0.1, 0.15) is 44.7 Å². The van der Waals surface area contributed by atoms with Gasteiger partial charge in [-0.25, -0.2) is 8.42 Å². The van der Waals surface area contributed by atoms with Crippen LogP contribution in [0.25, 0.3) is 0 Å². The maximum atomic E-state index is 14.1. The van der Waals surface area contributed by atoms with Crippen molar-refractivity contribution in [3.63, 3.8) is 0 Å². The predicted octanol–water partition coefficient (Wildman–Crippen LogP) is 6.87. The molecule has 0 fully saturated rings. The number of hydrogen-bond acceptors (Lipinski definition) is 4. The summed E-state index contributed by atoms with van der Waals surface area (Å²) in [7, 11) is -4.20. The standard InChI is InChI=1S/C30H34Cl3N3O4S/c1-5-21(4)34-30(38)28(6-2)35(18-22-10-11-24(32)17-27(22)33)29(37)19-36(25-9-7-8-20(3)16-25)41(39,40)26-14-12-23(31)13-15-26/h7-17,21,28H,5-6,18-19H2,1-4H3,(H,34,38)/t21-,28+/m0/s1. The van der Waals surface area contributed by atoms with E-state index in [2.05, 4.69) is 5.32 Å². The van der Waals surface area contributed by atoms with Crippen molar-refractivity contribution in [1.82, 2.24) is 10.2 Å². The molecule has 0 spiro atoms. The lowest BCUT2D eigenvalue weighted by atomic mass is 10.1. The molecule has 3 aromatic carbocycles. The fraction of sp³-hybridized carbons (Fsp3) is 0.333. The highest BCUT2D eigenvalue weighted by Crippen LogP contribution is 2.28. The van der Waals surface area contributed by atoms with Gasteiger partial charge in [-0.2, -0.15) is 0 Å². The zero-order valence-electron chi connectivity index (χ0n) is 23.4. The molecule has 1 N–H and O–H groups in total. The quantitative estimate of drug-likeness (QED) is 0.235. The van der Waals surface area contributed by atoms with E-state index in [0.29, 0.717) is 39.2 Å². The number of hydrogen-bond donors (Lipinski definition) is 1. The molecule has 0 radical (unpaired) electrons. The van der Waals surface area contributed by atoms with Crippen molar-refractivity contribution in [3.05, 3.63) is 92.9 Å². The number of halogens is 3. The first kappa shape index (κ1) is 32.7. The molecular formula is C30H34Cl3N3O4S. The van der Waals surface area contributed by atoms with Crippen LogP contribution >= 0.6 is 34.8 Å². The van der Waals surface area contributed by atoms with Gasteiger partial charge in [0, 0.05) is 27.7 Å². The Balaban J connectivity index is 2.08. The summed E-state index contributed by atoms with van der Waals surface area (Å²) in [4.78, 5) is 28.9. The van der Waals surface area contributed by atoms with E-state index in [1.165, 1.54) is 29.2 Å². The van der Waals surface area contributed by atoms with E-state index in [0.717, 1.165) is 9.87 Å². The average molecular weight is 639 g/mol. The lowest BCUT2D eigenvalue weighted by Gasteiger charge is -2.34. The molecule has 3 aromatic rings. The average Bonchev–Trinajstić information content (AvgIpc) is 2.92. The fourth-order valence-electron chi connectivity index (χ4n) is 4.24. The van der Waals surface area contributed by atoms with Crippen molar-refractivity contribution >= 4 is 62.3 Å². The molecule has 2 amide bonds. The molecule has 11 heteroatoms. The lowest BCUT2D eigenvalue weighted by Crippen LogP contribution is -2.53. The third-order valence-corrected chi connectivity index (χ3v) is 9.34. The largest absolute Gasteiger partial charge is 0.352 e. The van der Waals surface area contributed by atoms with E-state index < -0.39 is 28.5 Å². The number of rotatable bonds is 12. The Morgan fingerprint density at radius 3 is 2.15 bits per heavy atom. The first-order valence-corrected chi connectivity index (χ1v) is 15.8. The first-order valence-electron chi connectivity index (χ1n) is 13.3. The summed E-state index contributed by atoms with van der Waals surface area (Å²) in [5.74, 6) is -0.899. The Labute approximate surface area is 257 Å². The molecule has 0 unspecified atom stereocenters. The number of nitrogens with zero attached hydrogens (tertiary/aromatic N) is 2. The molecule has 0 aromatic heterocycles. The van der Waals surface area contributed by atoms with Gasteiger partial charge in [0.2, 0.25) is 11.8 Å². The third-order valence-electron chi connectivity index (χ3n) is 6.71. The van der Waals surface area contributed by atoms with E-state index in [-0.39, 0.29) is 23.4 Å². The van der Waals surface area contributed by atoms with Crippen molar-refractivity contribution in [3.8, 4) is 0 Å². The molecule has 0 heterocycles. The second kappa shape index (κ2) is 14.4. The molecule has 3 rings (SSSR count). The molecule has 0 saturated heterocycles. The summed E-state index contributed by atoms with van der Waals surface area (Å²) in [6.45, 7) is 6.89. The van der Waals surface area contributed by atoms with Crippen molar-refractivity contribution in [2.45, 2.75) is 64.1 Å². The summed E-state index contributed by atoms with van der Waals surface area (Å²) < 4.78 is 28.9. The van der Waals surface area contributed by atoms with E-state index in [1.54, 1.807) is 43.3 Å². The Kier molecular flexibility index (Phi) is 11.5. The van der Waals surface area contributed by atoms with Gasteiger partial charge in [-0.3, -0.25) is 13.9 Å². The minimum Gasteiger partial charge on any atom is -0.352 e. The molecule has 0 aliphatic rings. The van der Waals surface area contributed by atoms with Crippen LogP contribution in [0.2, 0.25) is 15.1 Å². The number of aryl methyl sites for hydroxylation is 1. The Hall–Kier alpha value is -2.78. The van der Waals surface area contributed by atoms with Crippen LogP contribution in [-0.2, 0) is 26.2 Å². The van der Waals surface area contributed by atoms with E-state index >= 15 is 0 Å². The summed E-state index contributed by atoms with van der Waals surface area (Å²) in [6.07, 6.45) is 1.01. The summed E-state index contributed by atoms with van der Waals surface area (Å²) >= 11 is 18.5. The zero-order valence-corrected chi connectivity index (χ0v) is 26.5. The number of nitrogens with one attached hydrogen (secondary N) is 1. The summed E-state index contributed by atoms with van der Waals surface area (Å²) in [5, 5.41) is 4.09. The topological polar surface area (TPSA) is 86.8 Å². The second-order valence-electron chi connectivity index (χ2n) is 9.80. The molecule has 0 bridgehead atoms. The molecule has 0 aliphatic heterocycles. The van der Waals surface area contributed by atoms with Crippen LogP contribution in [0.5, 0.6) is 0 Å². The number of benzene rings is 3. The molecule has 220 valence electrons. The summed E-state index contributed by atoms with van der Waals surface area (Å²) in [5.41, 5.74) is 1.70. The summed E-state index contributed by atoms with van der Waals surface area (Å²) in [6, 6.07) is 16.5. The van der Waals surface area contributed by atoms with Gasteiger partial charge in [-0.1, -0.05) is 66.8 Å². The Bertz CT molecular complexity index is 1480. The lowest BCUT2D eigenvalue weighted by molar-refractivity contribution is -0.140. The number of amides is 2. The number of carbonyl (C=O) groups excluding carboxylic acids is 2. The van der Waals surface area contributed by atoms with Crippen LogP contribution < -0.4 is 9.62 Å². The van der Waals surface area contributed by atoms with Gasteiger partial charge in [0.05, 0.1) is 10.6 Å². The van der Waals surface area contributed by atoms with Crippen molar-refractivity contribution < 1.29 is 18.0 Å². The van der Waals surface area contributed by atoms with Gasteiger partial charge >= 0.3 is 0 Å². The smallest absolute Gasteiger partial charge is 0.264 e. The van der Waals surface area contributed by atoms with Gasteiger partial charge in [0.15, 0.2) is 0 Å². The van der Waals surface area contributed by atoms with Gasteiger partial charge in [-0.15, -0.1) is 0 Å². The minimum atomic E-state index is -4.20. The van der Waals surface area contributed by atoms with E-state index in [4.69, 9.17) is 34.8 Å². The highest BCUT2D eigenvalue weighted by molar-refractivity contribution is 7.92. The Morgan fingerprint density at radius 1 is 0.902 bits per heavy atom. The minimum absolute atomic E-state index is 0.0231. The molecule has 0 aliphatic carbocycles. The van der Waals surface area contributed by atoms with Crippen LogP contribution in [0, 0.1) is 6.92 Å². The van der Waals surface area contributed by atoms with Crippen LogP contribution in [0.3, 0.4) is 0 Å². The number of sulfonamides is 1. The first-order chi connectivity index (χ1) is 19.4. The van der Waals surface area contributed by atoms with Crippen molar-refractivity contribution in [2.24, 2.45) is 0 Å². The van der Waals surface area contributed by atoms with E-state index in [9.17, 15) is 18.0 Å². The maximum absolute atomic E-state index is 14.1. The molecule has 41 heavy (non-hydrogen) atoms. The third kappa shape index (κ3) is 8.38. The molecule has 0 saturated carbocycles. The van der Waals surface area contributed by atoms with Crippen molar-refractivity contribution in [1.29, 1.82) is 0 Å². The zero-order chi connectivity index (χ0) is 30.3. The van der Waals surface area contributed by atoms with E-state index in [1.807, 2.05) is 26.8 Å². The van der Waals surface area contributed by atoms with Gasteiger partial charge in [0.1, 0.15) is 12.6 Å². The van der Waals surface area contributed by atoms with Crippen LogP contribution in [0.4, 0.5) is 5.69 Å². The number of carbonyl (C=O) groups is 2. The maximum Gasteiger partial charge on any atom is 0.264 e. The fourth-order valence-corrected chi connectivity index (χ4v) is 6.24. The van der Waals surface area contributed by atoms with Gasteiger partial charge in [0.25, 0.3) is 10.0 Å². The van der Waals surface area contributed by atoms with Crippen molar-refractivity contribution in [2.75, 3.05) is 10.8 Å². The monoisotopic (exact) mass is 637 g/mol. The molecular weight excluding hydrogens is 605 g/mol. The number of anilines is 1. The highest BCUT2D eigenvalue weighted by atomic mass is 35.5. The van der Waals surface area contributed by atoms with Gasteiger partial charge in [-0.05, 0) is 86.3 Å². The van der Waals surface area contributed by atoms with Crippen LogP contribution in [-0.4, -0.2) is 43.8 Å². The molecule has 7 nitrogen and oxygen atoms in total. The SMILES string of the molecule is CC[C@H](C(=O)N[C@@H](C)CC)N(Cc1ccc(Cl)cc1Cl)C(=O)CN(c1cccc(C)c1)S(=O)(=O)c1ccc(Cl)cc1. The predicted molar refractivity (Wildman–Crippen MR) is 166 cm³/mol. The normalized spacial score (nSPS) is 12.9. The highest BCUT2D eigenvalue weighted by Gasteiger charge is 2.34.